The monoisotopic (exact) mass is 254 g/mol. The number of fused-ring (bicyclic) bond motifs is 1. The first-order valence-corrected chi connectivity index (χ1v) is 6.32. The van der Waals surface area contributed by atoms with Crippen LogP contribution in [-0.4, -0.2) is 10.9 Å². The van der Waals surface area contributed by atoms with Crippen molar-refractivity contribution in [1.82, 2.24) is 10.3 Å². The summed E-state index contributed by atoms with van der Waals surface area (Å²) in [7, 11) is 0. The molecule has 0 saturated heterocycles. The molecule has 0 radical (unpaired) electrons. The van der Waals surface area contributed by atoms with E-state index in [0.717, 1.165) is 18.4 Å². The van der Waals surface area contributed by atoms with Crippen molar-refractivity contribution in [2.45, 2.75) is 18.9 Å². The van der Waals surface area contributed by atoms with Gasteiger partial charge in [0.25, 0.3) is 11.5 Å². The maximum Gasteiger partial charge on any atom is 0.260 e. The van der Waals surface area contributed by atoms with Gasteiger partial charge in [-0.25, -0.2) is 0 Å². The summed E-state index contributed by atoms with van der Waals surface area (Å²) in [4.78, 5) is 26.2. The van der Waals surface area contributed by atoms with Crippen molar-refractivity contribution in [2.24, 2.45) is 0 Å². The van der Waals surface area contributed by atoms with Gasteiger partial charge in [0.1, 0.15) is 5.56 Å². The molecule has 1 aromatic carbocycles. The van der Waals surface area contributed by atoms with Gasteiger partial charge in [0, 0.05) is 6.20 Å². The van der Waals surface area contributed by atoms with Crippen molar-refractivity contribution in [3.63, 3.8) is 0 Å². The first-order chi connectivity index (χ1) is 9.25. The van der Waals surface area contributed by atoms with Crippen LogP contribution in [0.15, 0.2) is 47.4 Å². The Morgan fingerprint density at radius 1 is 1.21 bits per heavy atom. The Bertz CT molecular complexity index is 676. The molecule has 0 saturated carbocycles. The number of nitrogens with one attached hydrogen (secondary N) is 2. The summed E-state index contributed by atoms with van der Waals surface area (Å²) in [5.74, 6) is -0.316. The lowest BCUT2D eigenvalue weighted by atomic mass is 10.1. The highest BCUT2D eigenvalue weighted by Crippen LogP contribution is 2.30. The molecule has 3 rings (SSSR count). The molecule has 0 fully saturated rings. The van der Waals surface area contributed by atoms with E-state index in [1.165, 1.54) is 17.8 Å². The predicted molar refractivity (Wildman–Crippen MR) is 72.0 cm³/mol. The van der Waals surface area contributed by atoms with E-state index in [2.05, 4.69) is 16.4 Å². The van der Waals surface area contributed by atoms with Crippen molar-refractivity contribution in [3.05, 3.63) is 69.6 Å². The standard InChI is InChI=1S/C15H14N2O2/c18-14-12(6-3-9-16-14)15(19)17-13-8-7-10-4-1-2-5-11(10)13/h1-6,9,13H,7-8H2,(H,16,18)(H,17,19)/t13-/m0/s1. The van der Waals surface area contributed by atoms with Crippen LogP contribution in [0.5, 0.6) is 0 Å². The number of hydrogen-bond donors (Lipinski definition) is 2. The van der Waals surface area contributed by atoms with E-state index >= 15 is 0 Å². The summed E-state index contributed by atoms with van der Waals surface area (Å²) < 4.78 is 0. The van der Waals surface area contributed by atoms with Crippen molar-refractivity contribution >= 4 is 5.91 Å². The van der Waals surface area contributed by atoms with E-state index in [-0.39, 0.29) is 23.1 Å². The number of aromatic amines is 1. The number of aromatic nitrogens is 1. The lowest BCUT2D eigenvalue weighted by Crippen LogP contribution is -2.31. The maximum atomic E-state index is 12.1. The number of aryl methyl sites for hydroxylation is 1. The smallest absolute Gasteiger partial charge is 0.260 e. The lowest BCUT2D eigenvalue weighted by molar-refractivity contribution is 0.0935. The summed E-state index contributed by atoms with van der Waals surface area (Å²) >= 11 is 0. The fourth-order valence-corrected chi connectivity index (χ4v) is 2.54. The lowest BCUT2D eigenvalue weighted by Gasteiger charge is -2.13. The van der Waals surface area contributed by atoms with Gasteiger partial charge in [0.15, 0.2) is 0 Å². The van der Waals surface area contributed by atoms with Gasteiger partial charge in [0.05, 0.1) is 6.04 Å². The summed E-state index contributed by atoms with van der Waals surface area (Å²) in [6.07, 6.45) is 3.37. The fourth-order valence-electron chi connectivity index (χ4n) is 2.54. The molecule has 1 aliphatic carbocycles. The van der Waals surface area contributed by atoms with Gasteiger partial charge in [-0.05, 0) is 36.1 Å². The minimum absolute atomic E-state index is 0.00306. The van der Waals surface area contributed by atoms with Crippen LogP contribution in [0.2, 0.25) is 0 Å². The van der Waals surface area contributed by atoms with E-state index in [0.29, 0.717) is 0 Å². The second-order valence-corrected chi connectivity index (χ2v) is 4.68. The van der Waals surface area contributed by atoms with E-state index < -0.39 is 0 Å². The normalized spacial score (nSPS) is 16.9. The molecule has 0 spiro atoms. The Balaban J connectivity index is 1.82. The molecule has 1 amide bonds. The zero-order chi connectivity index (χ0) is 13.2. The van der Waals surface area contributed by atoms with E-state index in [9.17, 15) is 9.59 Å². The van der Waals surface area contributed by atoms with Crippen LogP contribution >= 0.6 is 0 Å². The summed E-state index contributed by atoms with van der Waals surface area (Å²) in [6, 6.07) is 11.3. The summed E-state index contributed by atoms with van der Waals surface area (Å²) in [6.45, 7) is 0. The van der Waals surface area contributed by atoms with Gasteiger partial charge in [-0.15, -0.1) is 0 Å². The van der Waals surface area contributed by atoms with Gasteiger partial charge in [-0.3, -0.25) is 9.59 Å². The number of H-pyrrole nitrogens is 1. The number of amides is 1. The van der Waals surface area contributed by atoms with Gasteiger partial charge in [-0.1, -0.05) is 24.3 Å². The average molecular weight is 254 g/mol. The first kappa shape index (κ1) is 11.7. The molecular formula is C15H14N2O2. The Morgan fingerprint density at radius 3 is 2.89 bits per heavy atom. The van der Waals surface area contributed by atoms with E-state index in [1.807, 2.05) is 18.2 Å². The topological polar surface area (TPSA) is 62.0 Å². The minimum atomic E-state index is -0.355. The third kappa shape index (κ3) is 2.17. The highest BCUT2D eigenvalue weighted by molar-refractivity contribution is 5.94. The molecule has 1 aliphatic rings. The molecule has 2 aromatic rings. The molecule has 1 aromatic heterocycles. The predicted octanol–water partition coefficient (Wildman–Crippen LogP) is 1.79. The number of pyridine rings is 1. The number of hydrogen-bond acceptors (Lipinski definition) is 2. The van der Waals surface area contributed by atoms with Crippen LogP contribution in [0.25, 0.3) is 0 Å². The SMILES string of the molecule is O=C(N[C@H]1CCc2ccccc21)c1ccc[nH]c1=O. The van der Waals surface area contributed by atoms with Crippen LogP contribution < -0.4 is 10.9 Å². The van der Waals surface area contributed by atoms with Gasteiger partial charge < -0.3 is 10.3 Å². The maximum absolute atomic E-state index is 12.1. The molecule has 4 nitrogen and oxygen atoms in total. The Labute approximate surface area is 110 Å². The Hall–Kier alpha value is -2.36. The number of rotatable bonds is 2. The molecule has 19 heavy (non-hydrogen) atoms. The van der Waals surface area contributed by atoms with Gasteiger partial charge in [-0.2, -0.15) is 0 Å². The summed E-state index contributed by atoms with van der Waals surface area (Å²) in [5, 5.41) is 2.93. The molecule has 0 unspecified atom stereocenters. The first-order valence-electron chi connectivity index (χ1n) is 6.32. The minimum Gasteiger partial charge on any atom is -0.345 e. The van der Waals surface area contributed by atoms with Crippen molar-refractivity contribution in [3.8, 4) is 0 Å². The largest absolute Gasteiger partial charge is 0.345 e. The van der Waals surface area contributed by atoms with Crippen LogP contribution in [0.1, 0.15) is 33.9 Å². The highest BCUT2D eigenvalue weighted by Gasteiger charge is 2.24. The Kier molecular flexibility index (Phi) is 2.91. The van der Waals surface area contributed by atoms with Crippen molar-refractivity contribution in [1.29, 1.82) is 0 Å². The summed E-state index contributed by atoms with van der Waals surface area (Å²) in [5.41, 5.74) is 2.23. The van der Waals surface area contributed by atoms with Gasteiger partial charge >= 0.3 is 0 Å². The number of carbonyl (C=O) groups is 1. The van der Waals surface area contributed by atoms with E-state index in [1.54, 1.807) is 6.07 Å². The second kappa shape index (κ2) is 4.72. The van der Waals surface area contributed by atoms with Gasteiger partial charge in [0.2, 0.25) is 0 Å². The van der Waals surface area contributed by atoms with Crippen molar-refractivity contribution < 1.29 is 4.79 Å². The zero-order valence-electron chi connectivity index (χ0n) is 10.3. The average Bonchev–Trinajstić information content (AvgIpc) is 2.83. The third-order valence-corrected chi connectivity index (χ3v) is 3.50. The van der Waals surface area contributed by atoms with Crippen LogP contribution in [0.3, 0.4) is 0 Å². The molecule has 1 atom stereocenters. The molecule has 96 valence electrons. The fraction of sp³-hybridized carbons (Fsp3) is 0.200. The molecule has 2 N–H and O–H groups in total. The van der Waals surface area contributed by atoms with Crippen molar-refractivity contribution in [2.75, 3.05) is 0 Å². The molecular weight excluding hydrogens is 240 g/mol. The Morgan fingerprint density at radius 2 is 2.05 bits per heavy atom. The zero-order valence-corrected chi connectivity index (χ0v) is 10.3. The number of carbonyl (C=O) groups excluding carboxylic acids is 1. The third-order valence-electron chi connectivity index (χ3n) is 3.50. The number of benzene rings is 1. The molecule has 4 heteroatoms. The van der Waals surface area contributed by atoms with E-state index in [4.69, 9.17) is 0 Å². The highest BCUT2D eigenvalue weighted by atomic mass is 16.2. The quantitative estimate of drug-likeness (QED) is 0.858. The van der Waals surface area contributed by atoms with Crippen LogP contribution in [0, 0.1) is 0 Å². The molecule has 0 aliphatic heterocycles. The van der Waals surface area contributed by atoms with Crippen LogP contribution in [0.4, 0.5) is 0 Å². The molecule has 1 heterocycles. The van der Waals surface area contributed by atoms with Crippen LogP contribution in [-0.2, 0) is 6.42 Å². The molecule has 0 bridgehead atoms. The second-order valence-electron chi connectivity index (χ2n) is 4.68.